The molecular formula is C12H17F2NO. The highest BCUT2D eigenvalue weighted by molar-refractivity contribution is 5.27. The fourth-order valence-electron chi connectivity index (χ4n) is 1.46. The zero-order chi connectivity index (χ0) is 12.2. The van der Waals surface area contributed by atoms with E-state index in [2.05, 4.69) is 5.32 Å². The Morgan fingerprint density at radius 2 is 2.12 bits per heavy atom. The molecule has 90 valence electrons. The summed E-state index contributed by atoms with van der Waals surface area (Å²) < 4.78 is 25.2. The monoisotopic (exact) mass is 229 g/mol. The largest absolute Gasteiger partial charge is 0.508 e. The maximum Gasteiger partial charge on any atom is 0.257 e. The number of rotatable bonds is 5. The van der Waals surface area contributed by atoms with Gasteiger partial charge in [0.05, 0.1) is 6.54 Å². The first-order valence-electron chi connectivity index (χ1n) is 5.26. The third kappa shape index (κ3) is 5.07. The summed E-state index contributed by atoms with van der Waals surface area (Å²) in [5.74, 6) is -2.49. The van der Waals surface area contributed by atoms with E-state index in [1.807, 2.05) is 13.0 Å². The maximum absolute atomic E-state index is 12.6. The van der Waals surface area contributed by atoms with Gasteiger partial charge < -0.3 is 10.4 Å². The Balaban J connectivity index is 2.43. The zero-order valence-corrected chi connectivity index (χ0v) is 9.50. The van der Waals surface area contributed by atoms with E-state index in [1.54, 1.807) is 18.2 Å². The van der Waals surface area contributed by atoms with Crippen LogP contribution < -0.4 is 5.32 Å². The number of hydrogen-bond acceptors (Lipinski definition) is 2. The number of benzene rings is 1. The minimum Gasteiger partial charge on any atom is -0.508 e. The van der Waals surface area contributed by atoms with Crippen molar-refractivity contribution < 1.29 is 13.9 Å². The van der Waals surface area contributed by atoms with Crippen LogP contribution in [0.25, 0.3) is 0 Å². The smallest absolute Gasteiger partial charge is 0.257 e. The van der Waals surface area contributed by atoms with Gasteiger partial charge in [0.1, 0.15) is 5.75 Å². The fraction of sp³-hybridized carbons (Fsp3) is 0.500. The maximum atomic E-state index is 12.6. The van der Waals surface area contributed by atoms with Crippen LogP contribution >= 0.6 is 0 Å². The molecule has 2 N–H and O–H groups in total. The lowest BCUT2D eigenvalue weighted by Crippen LogP contribution is -2.37. The Morgan fingerprint density at radius 3 is 2.69 bits per heavy atom. The van der Waals surface area contributed by atoms with Crippen molar-refractivity contribution in [1.29, 1.82) is 0 Å². The van der Waals surface area contributed by atoms with E-state index in [1.165, 1.54) is 0 Å². The molecule has 1 atom stereocenters. The highest BCUT2D eigenvalue weighted by atomic mass is 19.3. The van der Waals surface area contributed by atoms with Gasteiger partial charge in [-0.15, -0.1) is 0 Å². The molecule has 0 amide bonds. The molecule has 0 heterocycles. The molecule has 16 heavy (non-hydrogen) atoms. The van der Waals surface area contributed by atoms with Crippen molar-refractivity contribution in [1.82, 2.24) is 5.32 Å². The molecule has 0 aliphatic carbocycles. The number of nitrogens with one attached hydrogen (secondary N) is 1. The number of phenolic OH excluding ortho intramolecular Hbond substituents is 1. The van der Waals surface area contributed by atoms with Gasteiger partial charge >= 0.3 is 0 Å². The van der Waals surface area contributed by atoms with E-state index in [0.717, 1.165) is 12.5 Å². The number of aromatic hydroxyl groups is 1. The van der Waals surface area contributed by atoms with E-state index in [0.29, 0.717) is 6.42 Å². The molecule has 0 bridgehead atoms. The van der Waals surface area contributed by atoms with Crippen molar-refractivity contribution >= 4 is 0 Å². The summed E-state index contributed by atoms with van der Waals surface area (Å²) >= 11 is 0. The topological polar surface area (TPSA) is 32.3 Å². The van der Waals surface area contributed by atoms with Crippen LogP contribution in [-0.4, -0.2) is 23.6 Å². The predicted molar refractivity (Wildman–Crippen MR) is 59.9 cm³/mol. The molecule has 2 nitrogen and oxygen atoms in total. The van der Waals surface area contributed by atoms with Crippen LogP contribution in [0.1, 0.15) is 19.4 Å². The van der Waals surface area contributed by atoms with Crippen LogP contribution in [0.4, 0.5) is 8.78 Å². The lowest BCUT2D eigenvalue weighted by Gasteiger charge is -2.17. The molecule has 1 aromatic rings. The van der Waals surface area contributed by atoms with Crippen LogP contribution in [0, 0.1) is 0 Å². The lowest BCUT2D eigenvalue weighted by molar-refractivity contribution is 0.0204. The molecule has 0 saturated heterocycles. The summed E-state index contributed by atoms with van der Waals surface area (Å²) in [6.45, 7) is 2.41. The van der Waals surface area contributed by atoms with Gasteiger partial charge in [-0.2, -0.15) is 0 Å². The highest BCUT2D eigenvalue weighted by Gasteiger charge is 2.21. The second-order valence-corrected chi connectivity index (χ2v) is 4.23. The molecule has 0 radical (unpaired) electrons. The van der Waals surface area contributed by atoms with Crippen molar-refractivity contribution in [2.24, 2.45) is 0 Å². The average Bonchev–Trinajstić information content (AvgIpc) is 2.14. The highest BCUT2D eigenvalue weighted by Crippen LogP contribution is 2.13. The first kappa shape index (κ1) is 12.9. The van der Waals surface area contributed by atoms with Crippen LogP contribution in [0.5, 0.6) is 5.75 Å². The van der Waals surface area contributed by atoms with Crippen LogP contribution in [0.2, 0.25) is 0 Å². The van der Waals surface area contributed by atoms with Gasteiger partial charge in [-0.05, 0) is 31.0 Å². The summed E-state index contributed by atoms with van der Waals surface area (Å²) in [4.78, 5) is 0. The van der Waals surface area contributed by atoms with E-state index >= 15 is 0 Å². The van der Waals surface area contributed by atoms with Gasteiger partial charge in [-0.1, -0.05) is 12.1 Å². The van der Waals surface area contributed by atoms with Gasteiger partial charge in [-0.25, -0.2) is 8.78 Å². The van der Waals surface area contributed by atoms with Crippen LogP contribution in [-0.2, 0) is 6.42 Å². The molecule has 4 heteroatoms. The van der Waals surface area contributed by atoms with Gasteiger partial charge in [0.2, 0.25) is 0 Å². The number of halogens is 2. The summed E-state index contributed by atoms with van der Waals surface area (Å²) in [5.41, 5.74) is 0.930. The van der Waals surface area contributed by atoms with E-state index in [-0.39, 0.29) is 18.3 Å². The van der Waals surface area contributed by atoms with Gasteiger partial charge in [0, 0.05) is 13.0 Å². The Hall–Kier alpha value is -1.16. The van der Waals surface area contributed by atoms with Gasteiger partial charge in [0.15, 0.2) is 0 Å². The summed E-state index contributed by atoms with van der Waals surface area (Å²) in [6, 6.07) is 6.78. The molecule has 0 aromatic heterocycles. The first-order valence-corrected chi connectivity index (χ1v) is 5.26. The molecule has 0 aliphatic rings. The Bertz CT molecular complexity index is 336. The second kappa shape index (κ2) is 5.25. The quantitative estimate of drug-likeness (QED) is 0.813. The molecule has 0 fully saturated rings. The first-order chi connectivity index (χ1) is 7.37. The molecule has 0 aliphatic heterocycles. The lowest BCUT2D eigenvalue weighted by atomic mass is 10.1. The van der Waals surface area contributed by atoms with E-state index < -0.39 is 5.92 Å². The summed E-state index contributed by atoms with van der Waals surface area (Å²) in [7, 11) is 0. The summed E-state index contributed by atoms with van der Waals surface area (Å²) in [5, 5.41) is 12.0. The third-order valence-corrected chi connectivity index (χ3v) is 2.21. The summed E-state index contributed by atoms with van der Waals surface area (Å²) in [6.07, 6.45) is 0.616. The SMILES string of the molecule is C[C@H](Cc1cccc(O)c1)NCC(C)(F)F. The van der Waals surface area contributed by atoms with Crippen molar-refractivity contribution in [2.75, 3.05) is 6.54 Å². The molecule has 1 rings (SSSR count). The van der Waals surface area contributed by atoms with Crippen LogP contribution in [0.3, 0.4) is 0 Å². The Labute approximate surface area is 94.3 Å². The van der Waals surface area contributed by atoms with Crippen molar-refractivity contribution in [2.45, 2.75) is 32.2 Å². The minimum atomic E-state index is -2.69. The number of hydrogen-bond donors (Lipinski definition) is 2. The number of phenols is 1. The minimum absolute atomic E-state index is 0.0485. The standard InChI is InChI=1S/C12H17F2NO/c1-9(15-8-12(2,13)14)6-10-4-3-5-11(16)7-10/h3-5,7,9,15-16H,6,8H2,1-2H3/t9-/m1/s1. The van der Waals surface area contributed by atoms with Crippen LogP contribution in [0.15, 0.2) is 24.3 Å². The molecule has 1 aromatic carbocycles. The Morgan fingerprint density at radius 1 is 1.44 bits per heavy atom. The molecule has 0 saturated carbocycles. The van der Waals surface area contributed by atoms with Gasteiger partial charge in [0.25, 0.3) is 5.92 Å². The fourth-order valence-corrected chi connectivity index (χ4v) is 1.46. The van der Waals surface area contributed by atoms with Crippen molar-refractivity contribution in [3.8, 4) is 5.75 Å². The zero-order valence-electron chi connectivity index (χ0n) is 9.50. The van der Waals surface area contributed by atoms with E-state index in [9.17, 15) is 13.9 Å². The van der Waals surface area contributed by atoms with Crippen molar-refractivity contribution in [3.05, 3.63) is 29.8 Å². The van der Waals surface area contributed by atoms with Crippen molar-refractivity contribution in [3.63, 3.8) is 0 Å². The molecular weight excluding hydrogens is 212 g/mol. The van der Waals surface area contributed by atoms with E-state index in [4.69, 9.17) is 0 Å². The second-order valence-electron chi connectivity index (χ2n) is 4.23. The average molecular weight is 229 g/mol. The predicted octanol–water partition coefficient (Wildman–Crippen LogP) is 2.57. The van der Waals surface area contributed by atoms with Gasteiger partial charge in [-0.3, -0.25) is 0 Å². The molecule has 0 unspecified atom stereocenters. The third-order valence-electron chi connectivity index (χ3n) is 2.21. The Kier molecular flexibility index (Phi) is 4.24. The normalized spacial score (nSPS) is 13.8. The molecule has 0 spiro atoms. The number of alkyl halides is 2.